The van der Waals surface area contributed by atoms with Crippen molar-refractivity contribution in [2.45, 2.75) is 168 Å². The van der Waals surface area contributed by atoms with E-state index in [-0.39, 0.29) is 13.2 Å². The topological polar surface area (TPSA) is 184 Å². The summed E-state index contributed by atoms with van der Waals surface area (Å²) in [5.41, 5.74) is -2.82. The quantitative estimate of drug-likeness (QED) is 0.0329. The molecule has 0 bridgehead atoms. The Bertz CT molecular complexity index is 1180. The molecular formula is C42H70O13. The highest BCUT2D eigenvalue weighted by Gasteiger charge is 2.45. The third-order valence-electron chi connectivity index (χ3n) is 9.11. The molecule has 0 saturated carbocycles. The van der Waals surface area contributed by atoms with E-state index in [0.717, 1.165) is 128 Å². The number of benzene rings is 1. The summed E-state index contributed by atoms with van der Waals surface area (Å²) in [4.78, 5) is 48.5. The van der Waals surface area contributed by atoms with Crippen LogP contribution in [-0.4, -0.2) is 91.1 Å². The Hall–Kier alpha value is -3.10. The Labute approximate surface area is 328 Å². The Balaban J connectivity index is 3.35. The molecule has 0 aliphatic heterocycles. The van der Waals surface area contributed by atoms with Crippen LogP contribution in [0.5, 0.6) is 0 Å². The van der Waals surface area contributed by atoms with Crippen molar-refractivity contribution in [2.24, 2.45) is 0 Å². The molecule has 55 heavy (non-hydrogen) atoms. The van der Waals surface area contributed by atoms with Crippen LogP contribution in [0.4, 0.5) is 0 Å². The van der Waals surface area contributed by atoms with E-state index in [1.54, 1.807) is 0 Å². The van der Waals surface area contributed by atoms with E-state index >= 15 is 0 Å². The van der Waals surface area contributed by atoms with Gasteiger partial charge in [0, 0.05) is 0 Å². The fourth-order valence-corrected chi connectivity index (χ4v) is 5.90. The fourth-order valence-electron chi connectivity index (χ4n) is 5.90. The fraction of sp³-hybridized carbons (Fsp3) is 0.762. The monoisotopic (exact) mass is 782 g/mol. The molecule has 1 rings (SSSR count). The van der Waals surface area contributed by atoms with Crippen LogP contribution in [0, 0.1) is 0 Å². The van der Waals surface area contributed by atoms with Gasteiger partial charge in [-0.2, -0.15) is 0 Å². The Morgan fingerprint density at radius 1 is 0.455 bits per heavy atom. The Morgan fingerprint density at radius 3 is 1.16 bits per heavy atom. The van der Waals surface area contributed by atoms with Crippen LogP contribution in [0.15, 0.2) is 12.1 Å². The summed E-state index contributed by atoms with van der Waals surface area (Å²) in [7, 11) is 0. The van der Waals surface area contributed by atoms with Crippen molar-refractivity contribution in [1.29, 1.82) is 0 Å². The van der Waals surface area contributed by atoms with Crippen molar-refractivity contribution < 1.29 is 62.9 Å². The molecule has 1 aromatic rings. The molecule has 3 N–H and O–H groups in total. The molecular weight excluding hydrogens is 712 g/mol. The predicted molar refractivity (Wildman–Crippen MR) is 209 cm³/mol. The number of carbonyl (C=O) groups is 4. The van der Waals surface area contributed by atoms with Crippen molar-refractivity contribution in [3.63, 3.8) is 0 Å². The van der Waals surface area contributed by atoms with Crippen LogP contribution in [0.2, 0.25) is 0 Å². The standard InChI is InChI=1S/C42H70O13/c1-5-9-13-17-21-25-51-41(52-30-29-50-40(49)36-32-34(38(45)46)33(37(43)44)31-35(36)39(47)48)42(53-26-22-18-14-10-6-2,54-27-23-19-15-11-7-3)55-28-24-20-16-12-8-4/h31-32,41H,5-30H2,1-4H3,(H,43,44)(H,45,46)(H,47,48). The van der Waals surface area contributed by atoms with Gasteiger partial charge in [0.15, 0.2) is 0 Å². The largest absolute Gasteiger partial charge is 0.478 e. The molecule has 0 spiro atoms. The van der Waals surface area contributed by atoms with Crippen molar-refractivity contribution in [1.82, 2.24) is 0 Å². The van der Waals surface area contributed by atoms with Gasteiger partial charge >= 0.3 is 29.9 Å². The maximum absolute atomic E-state index is 13.1. The first kappa shape index (κ1) is 49.9. The van der Waals surface area contributed by atoms with Crippen molar-refractivity contribution >= 4 is 23.9 Å². The molecule has 0 aliphatic rings. The molecule has 0 saturated heterocycles. The van der Waals surface area contributed by atoms with E-state index in [1.807, 2.05) is 0 Å². The molecule has 0 aromatic heterocycles. The zero-order valence-corrected chi connectivity index (χ0v) is 34.0. The van der Waals surface area contributed by atoms with Gasteiger partial charge in [0.1, 0.15) is 6.61 Å². The molecule has 0 aliphatic carbocycles. The average Bonchev–Trinajstić information content (AvgIpc) is 3.16. The number of rotatable bonds is 37. The summed E-state index contributed by atoms with van der Waals surface area (Å²) in [6.07, 6.45) is 19.2. The first-order valence-electron chi connectivity index (χ1n) is 20.8. The smallest absolute Gasteiger partial charge is 0.339 e. The lowest BCUT2D eigenvalue weighted by molar-refractivity contribution is -0.457. The van der Waals surface area contributed by atoms with Gasteiger partial charge in [0.25, 0.3) is 0 Å². The molecule has 0 fully saturated rings. The number of esters is 1. The second-order valence-corrected chi connectivity index (χ2v) is 13.9. The molecule has 13 heteroatoms. The molecule has 1 unspecified atom stereocenters. The summed E-state index contributed by atoms with van der Waals surface area (Å²) in [6, 6.07) is 1.34. The maximum atomic E-state index is 13.1. The average molecular weight is 783 g/mol. The highest BCUT2D eigenvalue weighted by Crippen LogP contribution is 2.28. The van der Waals surface area contributed by atoms with Crippen LogP contribution in [-0.2, 0) is 28.4 Å². The van der Waals surface area contributed by atoms with Crippen molar-refractivity contribution in [3.05, 3.63) is 34.4 Å². The molecule has 0 amide bonds. The number of ether oxygens (including phenoxy) is 6. The van der Waals surface area contributed by atoms with Crippen LogP contribution in [0.1, 0.15) is 198 Å². The zero-order chi connectivity index (χ0) is 40.7. The van der Waals surface area contributed by atoms with E-state index in [0.29, 0.717) is 38.6 Å². The van der Waals surface area contributed by atoms with Crippen LogP contribution in [0.25, 0.3) is 0 Å². The third-order valence-corrected chi connectivity index (χ3v) is 9.11. The lowest BCUT2D eigenvalue weighted by Crippen LogP contribution is -2.53. The lowest BCUT2D eigenvalue weighted by atomic mass is 9.98. The summed E-state index contributed by atoms with van der Waals surface area (Å²) < 4.78 is 37.5. The van der Waals surface area contributed by atoms with E-state index in [4.69, 9.17) is 28.4 Å². The van der Waals surface area contributed by atoms with E-state index in [1.165, 1.54) is 0 Å². The minimum Gasteiger partial charge on any atom is -0.478 e. The SMILES string of the molecule is CCCCCCCOC(OCCOC(=O)c1cc(C(=O)O)c(C(=O)O)cc1C(=O)O)C(OCCCCCCC)(OCCCCCCC)OCCCCCCC. The number of hydrogen-bond acceptors (Lipinski definition) is 10. The summed E-state index contributed by atoms with van der Waals surface area (Å²) in [5, 5.41) is 28.7. The number of aromatic carboxylic acids is 3. The second kappa shape index (κ2) is 31.0. The third kappa shape index (κ3) is 20.6. The van der Waals surface area contributed by atoms with Gasteiger partial charge in [-0.25, -0.2) is 19.2 Å². The maximum Gasteiger partial charge on any atom is 0.339 e. The highest BCUT2D eigenvalue weighted by molar-refractivity contribution is 6.09. The van der Waals surface area contributed by atoms with Gasteiger partial charge < -0.3 is 43.7 Å². The second-order valence-electron chi connectivity index (χ2n) is 13.9. The van der Waals surface area contributed by atoms with Gasteiger partial charge in [-0.15, -0.1) is 0 Å². The lowest BCUT2D eigenvalue weighted by Gasteiger charge is -2.39. The number of hydrogen-bond donors (Lipinski definition) is 3. The predicted octanol–water partition coefficient (Wildman–Crippen LogP) is 9.88. The molecule has 0 heterocycles. The number of carbonyl (C=O) groups excluding carboxylic acids is 1. The normalized spacial score (nSPS) is 12.1. The Kier molecular flexibility index (Phi) is 28.2. The first-order valence-corrected chi connectivity index (χ1v) is 20.8. The molecule has 0 radical (unpaired) electrons. The van der Waals surface area contributed by atoms with Crippen LogP contribution in [0.3, 0.4) is 0 Å². The first-order chi connectivity index (χ1) is 26.6. The highest BCUT2D eigenvalue weighted by atomic mass is 16.9. The van der Waals surface area contributed by atoms with E-state index in [2.05, 4.69) is 27.7 Å². The van der Waals surface area contributed by atoms with Crippen LogP contribution >= 0.6 is 0 Å². The van der Waals surface area contributed by atoms with Gasteiger partial charge in [-0.3, -0.25) is 0 Å². The Morgan fingerprint density at radius 2 is 0.782 bits per heavy atom. The summed E-state index contributed by atoms with van der Waals surface area (Å²) >= 11 is 0. The van der Waals surface area contributed by atoms with Crippen molar-refractivity contribution in [2.75, 3.05) is 39.6 Å². The summed E-state index contributed by atoms with van der Waals surface area (Å²) in [5.74, 6) is -7.77. The van der Waals surface area contributed by atoms with E-state index in [9.17, 15) is 34.5 Å². The van der Waals surface area contributed by atoms with Gasteiger partial charge in [0.2, 0.25) is 6.29 Å². The number of carboxylic acid groups (broad SMARTS) is 3. The van der Waals surface area contributed by atoms with Gasteiger partial charge in [-0.05, 0) is 37.8 Å². The minimum atomic E-state index is -1.70. The molecule has 316 valence electrons. The number of carboxylic acids is 3. The van der Waals surface area contributed by atoms with E-state index < -0.39 is 58.4 Å². The van der Waals surface area contributed by atoms with Gasteiger partial charge in [0.05, 0.1) is 55.3 Å². The minimum absolute atomic E-state index is 0.227. The number of unbranched alkanes of at least 4 members (excludes halogenated alkanes) is 16. The van der Waals surface area contributed by atoms with Crippen molar-refractivity contribution in [3.8, 4) is 0 Å². The molecule has 1 atom stereocenters. The molecule has 13 nitrogen and oxygen atoms in total. The molecule has 1 aromatic carbocycles. The van der Waals surface area contributed by atoms with Gasteiger partial charge in [-0.1, -0.05) is 130 Å². The zero-order valence-electron chi connectivity index (χ0n) is 34.0. The van der Waals surface area contributed by atoms with Crippen LogP contribution < -0.4 is 0 Å². The summed E-state index contributed by atoms with van der Waals surface area (Å²) in [6.45, 7) is 9.42.